The number of methoxy groups -OCH3 is 1. The average Bonchev–Trinajstić information content (AvgIpc) is 2.84. The van der Waals surface area contributed by atoms with Crippen LogP contribution in [0, 0.1) is 5.92 Å². The fraction of sp³-hybridized carbons (Fsp3) is 0.533. The predicted molar refractivity (Wildman–Crippen MR) is 85.9 cm³/mol. The molecule has 21 heavy (non-hydrogen) atoms. The monoisotopic (exact) mass is 322 g/mol. The number of carbonyl (C=O) groups is 1. The standard InChI is InChI=1S/C15H18N2O2S2/c1-8-4-5-10-11(6-8)21-14-12(10)13(16-7-17-14)20-9(2)15(18)19-3/h7-9H,4-6H2,1-3H3/t8-,9-/m0/s1. The number of aryl methyl sites for hydroxylation is 1. The largest absolute Gasteiger partial charge is 0.468 e. The van der Waals surface area contributed by atoms with E-state index in [-0.39, 0.29) is 11.2 Å². The third-order valence-electron chi connectivity index (χ3n) is 3.88. The zero-order valence-corrected chi connectivity index (χ0v) is 14.0. The molecule has 0 bridgehead atoms. The van der Waals surface area contributed by atoms with E-state index in [1.54, 1.807) is 17.7 Å². The van der Waals surface area contributed by atoms with Gasteiger partial charge >= 0.3 is 5.97 Å². The van der Waals surface area contributed by atoms with Gasteiger partial charge in [-0.15, -0.1) is 11.3 Å². The van der Waals surface area contributed by atoms with Crippen LogP contribution >= 0.6 is 23.1 Å². The molecule has 112 valence electrons. The molecular weight excluding hydrogens is 304 g/mol. The molecule has 0 spiro atoms. The van der Waals surface area contributed by atoms with Crippen molar-refractivity contribution in [2.75, 3.05) is 7.11 Å². The summed E-state index contributed by atoms with van der Waals surface area (Å²) in [5.41, 5.74) is 1.40. The average molecular weight is 322 g/mol. The highest BCUT2D eigenvalue weighted by molar-refractivity contribution is 8.00. The molecule has 2 aromatic heterocycles. The molecule has 4 nitrogen and oxygen atoms in total. The van der Waals surface area contributed by atoms with Gasteiger partial charge in [-0.3, -0.25) is 4.79 Å². The summed E-state index contributed by atoms with van der Waals surface area (Å²) in [5.74, 6) is 0.521. The summed E-state index contributed by atoms with van der Waals surface area (Å²) in [6, 6.07) is 0. The highest BCUT2D eigenvalue weighted by Gasteiger charge is 2.25. The van der Waals surface area contributed by atoms with Crippen LogP contribution in [0.25, 0.3) is 10.2 Å². The number of aromatic nitrogens is 2. The number of carbonyl (C=O) groups excluding carboxylic acids is 1. The lowest BCUT2D eigenvalue weighted by Crippen LogP contribution is -2.15. The fourth-order valence-electron chi connectivity index (χ4n) is 2.72. The molecule has 3 rings (SSSR count). The SMILES string of the molecule is COC(=O)[C@H](C)Sc1ncnc2sc3c(c12)CC[C@H](C)C3. The van der Waals surface area contributed by atoms with E-state index >= 15 is 0 Å². The maximum Gasteiger partial charge on any atom is 0.318 e. The first-order valence-corrected chi connectivity index (χ1v) is 8.79. The Hall–Kier alpha value is -1.14. The molecule has 0 radical (unpaired) electrons. The van der Waals surface area contributed by atoms with Crippen LogP contribution in [0.4, 0.5) is 0 Å². The van der Waals surface area contributed by atoms with Gasteiger partial charge in [0.25, 0.3) is 0 Å². The molecule has 0 unspecified atom stereocenters. The van der Waals surface area contributed by atoms with Crippen molar-refractivity contribution >= 4 is 39.3 Å². The van der Waals surface area contributed by atoms with Crippen molar-refractivity contribution in [3.63, 3.8) is 0 Å². The molecule has 0 fully saturated rings. The molecule has 6 heteroatoms. The number of thioether (sulfide) groups is 1. The summed E-state index contributed by atoms with van der Waals surface area (Å²) in [6.45, 7) is 4.15. The second kappa shape index (κ2) is 5.93. The normalized spacial score (nSPS) is 19.3. The summed E-state index contributed by atoms with van der Waals surface area (Å²) in [4.78, 5) is 23.0. The first-order valence-electron chi connectivity index (χ1n) is 7.10. The van der Waals surface area contributed by atoms with E-state index in [2.05, 4.69) is 16.9 Å². The number of rotatable bonds is 3. The first-order chi connectivity index (χ1) is 10.1. The van der Waals surface area contributed by atoms with Crippen LogP contribution in [0.15, 0.2) is 11.4 Å². The molecule has 0 amide bonds. The van der Waals surface area contributed by atoms with E-state index in [1.807, 2.05) is 6.92 Å². The summed E-state index contributed by atoms with van der Waals surface area (Å²) < 4.78 is 4.80. The number of hydrogen-bond donors (Lipinski definition) is 0. The van der Waals surface area contributed by atoms with Crippen LogP contribution in [0.2, 0.25) is 0 Å². The van der Waals surface area contributed by atoms with Crippen LogP contribution in [0.5, 0.6) is 0 Å². The highest BCUT2D eigenvalue weighted by Crippen LogP contribution is 2.41. The fourth-order valence-corrected chi connectivity index (χ4v) is 5.11. The Morgan fingerprint density at radius 1 is 1.52 bits per heavy atom. The predicted octanol–water partition coefficient (Wildman–Crippen LogP) is 3.47. The molecule has 1 aliphatic rings. The van der Waals surface area contributed by atoms with Crippen molar-refractivity contribution in [3.05, 3.63) is 16.8 Å². The minimum atomic E-state index is -0.258. The van der Waals surface area contributed by atoms with E-state index < -0.39 is 0 Å². The maximum absolute atomic E-state index is 11.6. The lowest BCUT2D eigenvalue weighted by molar-refractivity contribution is -0.139. The van der Waals surface area contributed by atoms with Crippen molar-refractivity contribution in [1.29, 1.82) is 0 Å². The van der Waals surface area contributed by atoms with E-state index in [1.165, 1.54) is 35.7 Å². The quantitative estimate of drug-likeness (QED) is 0.492. The summed E-state index contributed by atoms with van der Waals surface area (Å²) >= 11 is 3.24. The van der Waals surface area contributed by atoms with Crippen molar-refractivity contribution in [2.24, 2.45) is 5.92 Å². The van der Waals surface area contributed by atoms with Gasteiger partial charge in [-0.2, -0.15) is 0 Å². The third kappa shape index (κ3) is 2.79. The highest BCUT2D eigenvalue weighted by atomic mass is 32.2. The van der Waals surface area contributed by atoms with Gasteiger partial charge in [-0.1, -0.05) is 18.7 Å². The molecule has 2 heterocycles. The first kappa shape index (κ1) is 14.8. The Balaban J connectivity index is 2.01. The van der Waals surface area contributed by atoms with Crippen LogP contribution in [0.1, 0.15) is 30.7 Å². The van der Waals surface area contributed by atoms with E-state index in [0.717, 1.165) is 34.0 Å². The second-order valence-corrected chi connectivity index (χ2v) is 7.91. The molecular formula is C15H18N2O2S2. The number of nitrogens with zero attached hydrogens (tertiary/aromatic N) is 2. The van der Waals surface area contributed by atoms with Gasteiger partial charge in [0, 0.05) is 10.3 Å². The smallest absolute Gasteiger partial charge is 0.318 e. The van der Waals surface area contributed by atoms with Crippen molar-refractivity contribution in [1.82, 2.24) is 9.97 Å². The number of ether oxygens (including phenoxy) is 1. The number of thiophene rings is 1. The van der Waals surface area contributed by atoms with Crippen LogP contribution in [-0.2, 0) is 22.4 Å². The van der Waals surface area contributed by atoms with E-state index in [4.69, 9.17) is 4.74 Å². The molecule has 1 aliphatic carbocycles. The zero-order valence-electron chi connectivity index (χ0n) is 12.4. The number of hydrogen-bond acceptors (Lipinski definition) is 6. The number of fused-ring (bicyclic) bond motifs is 3. The van der Waals surface area contributed by atoms with Crippen LogP contribution in [-0.4, -0.2) is 28.3 Å². The Kier molecular flexibility index (Phi) is 4.17. The van der Waals surface area contributed by atoms with Gasteiger partial charge in [0.15, 0.2) is 0 Å². The van der Waals surface area contributed by atoms with Gasteiger partial charge in [-0.05, 0) is 37.7 Å². The van der Waals surface area contributed by atoms with Gasteiger partial charge in [0.05, 0.1) is 7.11 Å². The maximum atomic E-state index is 11.6. The van der Waals surface area contributed by atoms with Crippen molar-refractivity contribution < 1.29 is 9.53 Å². The van der Waals surface area contributed by atoms with E-state index in [0.29, 0.717) is 0 Å². The third-order valence-corrected chi connectivity index (χ3v) is 6.12. The van der Waals surface area contributed by atoms with Crippen LogP contribution < -0.4 is 0 Å². The van der Waals surface area contributed by atoms with Crippen LogP contribution in [0.3, 0.4) is 0 Å². The Morgan fingerprint density at radius 2 is 2.33 bits per heavy atom. The van der Waals surface area contributed by atoms with Gasteiger partial charge in [0.1, 0.15) is 21.4 Å². The minimum absolute atomic E-state index is 0.218. The molecule has 2 atom stereocenters. The summed E-state index contributed by atoms with van der Waals surface area (Å²) in [5, 5.41) is 1.81. The molecule has 0 N–H and O–H groups in total. The molecule has 0 saturated carbocycles. The minimum Gasteiger partial charge on any atom is -0.468 e. The Morgan fingerprint density at radius 3 is 3.10 bits per heavy atom. The Labute approximate surface area is 132 Å². The number of esters is 1. The topological polar surface area (TPSA) is 52.1 Å². The van der Waals surface area contributed by atoms with Crippen molar-refractivity contribution in [2.45, 2.75) is 43.4 Å². The zero-order chi connectivity index (χ0) is 15.0. The lowest BCUT2D eigenvalue weighted by Gasteiger charge is -2.18. The lowest BCUT2D eigenvalue weighted by atomic mass is 9.89. The molecule has 2 aromatic rings. The molecule has 0 saturated heterocycles. The van der Waals surface area contributed by atoms with E-state index in [9.17, 15) is 4.79 Å². The molecule has 0 aromatic carbocycles. The molecule has 0 aliphatic heterocycles. The Bertz CT molecular complexity index is 684. The van der Waals surface area contributed by atoms with Gasteiger partial charge in [-0.25, -0.2) is 9.97 Å². The van der Waals surface area contributed by atoms with Gasteiger partial charge < -0.3 is 4.74 Å². The van der Waals surface area contributed by atoms with Crippen molar-refractivity contribution in [3.8, 4) is 0 Å². The second-order valence-electron chi connectivity index (χ2n) is 5.49. The summed E-state index contributed by atoms with van der Waals surface area (Å²) in [7, 11) is 1.42. The van der Waals surface area contributed by atoms with Gasteiger partial charge in [0.2, 0.25) is 0 Å². The summed E-state index contributed by atoms with van der Waals surface area (Å²) in [6.07, 6.45) is 5.03.